The summed E-state index contributed by atoms with van der Waals surface area (Å²) in [5.41, 5.74) is 1.93. The van der Waals surface area contributed by atoms with Crippen LogP contribution >= 0.6 is 0 Å². The Hall–Kier alpha value is -3.07. The molecule has 0 radical (unpaired) electrons. The van der Waals surface area contributed by atoms with Crippen LogP contribution in [-0.4, -0.2) is 48.2 Å². The molecule has 2 aliphatic rings. The molecule has 0 fully saturated rings. The standard InChI is InChI=1S/C18H20N4O5/c1-10-15(17(23)25-3)16(22-18(19-10)20-14(21-22)9-24-2)11-4-5-12-13(8-11)27-7-6-26-12/h4-5,8,16H,6-7,9H2,1-3H3,(H,19,20,21). The predicted octanol–water partition coefficient (Wildman–Crippen LogP) is 1.66. The van der Waals surface area contributed by atoms with Gasteiger partial charge < -0.3 is 24.3 Å². The Bertz CT molecular complexity index is 920. The molecule has 142 valence electrons. The number of methoxy groups -OCH3 is 2. The van der Waals surface area contributed by atoms with Gasteiger partial charge in [0.25, 0.3) is 0 Å². The van der Waals surface area contributed by atoms with Gasteiger partial charge in [-0.05, 0) is 24.6 Å². The molecule has 9 heteroatoms. The lowest BCUT2D eigenvalue weighted by Crippen LogP contribution is -2.29. The largest absolute Gasteiger partial charge is 0.486 e. The van der Waals surface area contributed by atoms with E-state index in [9.17, 15) is 4.79 Å². The van der Waals surface area contributed by atoms with E-state index in [1.807, 2.05) is 25.1 Å². The summed E-state index contributed by atoms with van der Waals surface area (Å²) in [7, 11) is 2.94. The van der Waals surface area contributed by atoms with E-state index in [-0.39, 0.29) is 6.61 Å². The molecule has 1 unspecified atom stereocenters. The predicted molar refractivity (Wildman–Crippen MR) is 94.6 cm³/mol. The lowest BCUT2D eigenvalue weighted by molar-refractivity contribution is -0.136. The third kappa shape index (κ3) is 2.99. The van der Waals surface area contributed by atoms with Crippen LogP contribution in [0.25, 0.3) is 0 Å². The number of carbonyl (C=O) groups excluding carboxylic acids is 1. The molecule has 1 aromatic heterocycles. The maximum absolute atomic E-state index is 12.5. The second-order valence-corrected chi connectivity index (χ2v) is 6.19. The van der Waals surface area contributed by atoms with E-state index in [0.29, 0.717) is 47.8 Å². The van der Waals surface area contributed by atoms with E-state index in [4.69, 9.17) is 18.9 Å². The lowest BCUT2D eigenvalue weighted by Gasteiger charge is -2.28. The van der Waals surface area contributed by atoms with Crippen LogP contribution in [-0.2, 0) is 20.9 Å². The quantitative estimate of drug-likeness (QED) is 0.810. The van der Waals surface area contributed by atoms with Crippen LogP contribution in [0.4, 0.5) is 5.95 Å². The van der Waals surface area contributed by atoms with Crippen molar-refractivity contribution >= 4 is 11.9 Å². The van der Waals surface area contributed by atoms with Crippen LogP contribution in [0.1, 0.15) is 24.4 Å². The van der Waals surface area contributed by atoms with Crippen molar-refractivity contribution in [3.8, 4) is 11.5 Å². The molecule has 1 N–H and O–H groups in total. The van der Waals surface area contributed by atoms with Crippen molar-refractivity contribution in [3.63, 3.8) is 0 Å². The number of fused-ring (bicyclic) bond motifs is 2. The van der Waals surface area contributed by atoms with E-state index in [0.717, 1.165) is 5.56 Å². The Kier molecular flexibility index (Phi) is 4.44. The fourth-order valence-corrected chi connectivity index (χ4v) is 3.30. The molecule has 1 atom stereocenters. The van der Waals surface area contributed by atoms with Gasteiger partial charge in [0.2, 0.25) is 5.95 Å². The summed E-state index contributed by atoms with van der Waals surface area (Å²) in [6.45, 7) is 3.07. The first-order chi connectivity index (χ1) is 13.1. The molecular weight excluding hydrogens is 352 g/mol. The number of hydrogen-bond acceptors (Lipinski definition) is 8. The van der Waals surface area contributed by atoms with Gasteiger partial charge in [-0.2, -0.15) is 10.1 Å². The van der Waals surface area contributed by atoms with E-state index in [2.05, 4.69) is 15.4 Å². The monoisotopic (exact) mass is 372 g/mol. The van der Waals surface area contributed by atoms with Crippen LogP contribution in [0.5, 0.6) is 11.5 Å². The number of hydrogen-bond donors (Lipinski definition) is 1. The minimum absolute atomic E-state index is 0.266. The average molecular weight is 372 g/mol. The summed E-state index contributed by atoms with van der Waals surface area (Å²) < 4.78 is 23.1. The molecule has 0 aliphatic carbocycles. The van der Waals surface area contributed by atoms with Crippen LogP contribution in [0.15, 0.2) is 29.5 Å². The second-order valence-electron chi connectivity index (χ2n) is 6.19. The molecule has 0 saturated carbocycles. The summed E-state index contributed by atoms with van der Waals surface area (Å²) in [5.74, 6) is 1.93. The smallest absolute Gasteiger partial charge is 0.338 e. The minimum atomic E-state index is -0.511. The van der Waals surface area contributed by atoms with E-state index < -0.39 is 12.0 Å². The maximum atomic E-state index is 12.5. The Morgan fingerprint density at radius 3 is 2.81 bits per heavy atom. The highest BCUT2D eigenvalue weighted by Gasteiger charge is 2.35. The van der Waals surface area contributed by atoms with Crippen molar-refractivity contribution in [1.82, 2.24) is 14.8 Å². The van der Waals surface area contributed by atoms with Gasteiger partial charge in [0.05, 0.1) is 12.7 Å². The van der Waals surface area contributed by atoms with Crippen LogP contribution in [0.2, 0.25) is 0 Å². The van der Waals surface area contributed by atoms with E-state index in [1.54, 1.807) is 11.8 Å². The number of benzene rings is 1. The first-order valence-electron chi connectivity index (χ1n) is 8.52. The number of nitrogens with one attached hydrogen (secondary N) is 1. The number of anilines is 1. The zero-order valence-electron chi connectivity index (χ0n) is 15.3. The van der Waals surface area contributed by atoms with Gasteiger partial charge in [-0.3, -0.25) is 0 Å². The van der Waals surface area contributed by atoms with Crippen molar-refractivity contribution in [3.05, 3.63) is 40.9 Å². The second kappa shape index (κ2) is 6.92. The van der Waals surface area contributed by atoms with Gasteiger partial charge in [-0.25, -0.2) is 9.48 Å². The van der Waals surface area contributed by atoms with E-state index in [1.165, 1.54) is 7.11 Å². The molecular formula is C18H20N4O5. The van der Waals surface area contributed by atoms with Gasteiger partial charge in [-0.1, -0.05) is 6.07 Å². The van der Waals surface area contributed by atoms with Gasteiger partial charge in [0.1, 0.15) is 25.9 Å². The van der Waals surface area contributed by atoms with Crippen molar-refractivity contribution in [2.24, 2.45) is 0 Å². The zero-order chi connectivity index (χ0) is 19.0. The summed E-state index contributed by atoms with van der Waals surface area (Å²) in [6, 6.07) is 5.08. The maximum Gasteiger partial charge on any atom is 0.338 e. The Labute approximate surface area is 155 Å². The van der Waals surface area contributed by atoms with Gasteiger partial charge in [-0.15, -0.1) is 0 Å². The fraction of sp³-hybridized carbons (Fsp3) is 0.389. The Morgan fingerprint density at radius 1 is 1.30 bits per heavy atom. The number of ether oxygens (including phenoxy) is 4. The molecule has 27 heavy (non-hydrogen) atoms. The molecule has 0 amide bonds. The molecule has 0 saturated heterocycles. The molecule has 4 rings (SSSR count). The molecule has 1 aromatic carbocycles. The van der Waals surface area contributed by atoms with Crippen molar-refractivity contribution in [2.75, 3.05) is 32.8 Å². The van der Waals surface area contributed by atoms with Crippen LogP contribution in [0, 0.1) is 0 Å². The van der Waals surface area contributed by atoms with Crippen molar-refractivity contribution in [1.29, 1.82) is 0 Å². The number of carbonyl (C=O) groups is 1. The highest BCUT2D eigenvalue weighted by molar-refractivity contribution is 5.92. The Morgan fingerprint density at radius 2 is 2.07 bits per heavy atom. The van der Waals surface area contributed by atoms with E-state index >= 15 is 0 Å². The normalized spacial score (nSPS) is 18.0. The number of esters is 1. The third-order valence-corrected chi connectivity index (χ3v) is 4.46. The molecule has 9 nitrogen and oxygen atoms in total. The molecule has 0 bridgehead atoms. The molecule has 3 heterocycles. The summed E-state index contributed by atoms with van der Waals surface area (Å²) in [6.07, 6.45) is 0. The first kappa shape index (κ1) is 17.3. The number of allylic oxidation sites excluding steroid dienone is 1. The van der Waals surface area contributed by atoms with Gasteiger partial charge in [0, 0.05) is 12.8 Å². The highest BCUT2D eigenvalue weighted by atomic mass is 16.6. The molecule has 0 spiro atoms. The molecule has 2 aromatic rings. The van der Waals surface area contributed by atoms with Gasteiger partial charge >= 0.3 is 5.97 Å². The lowest BCUT2D eigenvalue weighted by atomic mass is 9.95. The Balaban J connectivity index is 1.85. The fourth-order valence-electron chi connectivity index (χ4n) is 3.30. The van der Waals surface area contributed by atoms with Gasteiger partial charge in [0.15, 0.2) is 17.3 Å². The van der Waals surface area contributed by atoms with Crippen LogP contribution < -0.4 is 14.8 Å². The number of aromatic nitrogens is 3. The highest BCUT2D eigenvalue weighted by Crippen LogP contribution is 2.39. The summed E-state index contributed by atoms with van der Waals surface area (Å²) in [5, 5.41) is 7.64. The zero-order valence-corrected chi connectivity index (χ0v) is 15.3. The number of rotatable bonds is 4. The van der Waals surface area contributed by atoms with Crippen LogP contribution in [0.3, 0.4) is 0 Å². The van der Waals surface area contributed by atoms with Crippen molar-refractivity contribution in [2.45, 2.75) is 19.6 Å². The average Bonchev–Trinajstić information content (AvgIpc) is 3.08. The van der Waals surface area contributed by atoms with Crippen molar-refractivity contribution < 1.29 is 23.7 Å². The minimum Gasteiger partial charge on any atom is -0.486 e. The molecule has 2 aliphatic heterocycles. The summed E-state index contributed by atoms with van der Waals surface area (Å²) >= 11 is 0. The summed E-state index contributed by atoms with van der Waals surface area (Å²) in [4.78, 5) is 17.0. The topological polar surface area (TPSA) is 96.7 Å². The number of nitrogens with zero attached hydrogens (tertiary/aromatic N) is 3. The SMILES string of the molecule is COCc1nc2n(n1)C(c1ccc3c(c1)OCCO3)C(C(=O)OC)=C(C)N2. The third-order valence-electron chi connectivity index (χ3n) is 4.46. The first-order valence-corrected chi connectivity index (χ1v) is 8.52.